The van der Waals surface area contributed by atoms with Gasteiger partial charge in [0.2, 0.25) is 0 Å². The van der Waals surface area contributed by atoms with Gasteiger partial charge >= 0.3 is 5.97 Å². The Morgan fingerprint density at radius 3 is 2.20 bits per heavy atom. The number of aliphatic carboxylic acids is 1. The van der Waals surface area contributed by atoms with Crippen LogP contribution in [0.2, 0.25) is 0 Å². The first-order valence-electron chi connectivity index (χ1n) is 7.89. The number of carbonyl (C=O) groups is 1. The van der Waals surface area contributed by atoms with Gasteiger partial charge in [0, 0.05) is 0 Å². The van der Waals surface area contributed by atoms with Crippen LogP contribution in [0.4, 0.5) is 0 Å². The van der Waals surface area contributed by atoms with Crippen LogP contribution in [0.15, 0.2) is 77.3 Å². The van der Waals surface area contributed by atoms with Gasteiger partial charge < -0.3 is 9.84 Å². The molecule has 0 unspecified atom stereocenters. The third-order valence-electron chi connectivity index (χ3n) is 3.81. The van der Waals surface area contributed by atoms with E-state index in [9.17, 15) is 4.79 Å². The van der Waals surface area contributed by atoms with Crippen molar-refractivity contribution in [1.29, 1.82) is 0 Å². The van der Waals surface area contributed by atoms with E-state index >= 15 is 0 Å². The summed E-state index contributed by atoms with van der Waals surface area (Å²) in [4.78, 5) is 10.7. The van der Waals surface area contributed by atoms with Crippen LogP contribution in [0.3, 0.4) is 0 Å². The Labute approximate surface area is 155 Å². The zero-order chi connectivity index (χ0) is 17.6. The molecular weight excluding hydrogens is 380 g/mol. The van der Waals surface area contributed by atoms with E-state index in [4.69, 9.17) is 9.84 Å². The summed E-state index contributed by atoms with van der Waals surface area (Å²) in [5, 5.41) is 8.79. The molecule has 0 radical (unpaired) electrons. The largest absolute Gasteiger partial charge is 0.488 e. The minimum atomic E-state index is -0.827. The maximum absolute atomic E-state index is 10.7. The van der Waals surface area contributed by atoms with Crippen molar-refractivity contribution < 1.29 is 14.6 Å². The normalized spacial score (nSPS) is 10.4. The number of ether oxygens (including phenoxy) is 1. The van der Waals surface area contributed by atoms with Crippen molar-refractivity contribution >= 4 is 21.9 Å². The van der Waals surface area contributed by atoms with Crippen molar-refractivity contribution in [3.05, 3.63) is 88.4 Å². The lowest BCUT2D eigenvalue weighted by Gasteiger charge is -2.10. The third kappa shape index (κ3) is 4.70. The fraction of sp³-hybridized carbons (Fsp3) is 0.0952. The van der Waals surface area contributed by atoms with E-state index in [-0.39, 0.29) is 6.42 Å². The molecule has 0 saturated carbocycles. The van der Waals surface area contributed by atoms with Crippen LogP contribution < -0.4 is 4.74 Å². The maximum Gasteiger partial charge on any atom is 0.307 e. The zero-order valence-electron chi connectivity index (χ0n) is 13.5. The van der Waals surface area contributed by atoms with E-state index in [0.717, 1.165) is 32.5 Å². The van der Waals surface area contributed by atoms with E-state index in [1.807, 2.05) is 60.7 Å². The van der Waals surface area contributed by atoms with Gasteiger partial charge in [0.1, 0.15) is 12.4 Å². The van der Waals surface area contributed by atoms with Crippen molar-refractivity contribution in [3.63, 3.8) is 0 Å². The summed E-state index contributed by atoms with van der Waals surface area (Å²) in [6.45, 7) is 0.427. The van der Waals surface area contributed by atoms with Crippen LogP contribution in [-0.2, 0) is 17.8 Å². The average molecular weight is 397 g/mol. The molecule has 0 amide bonds. The molecule has 0 aliphatic rings. The predicted octanol–water partition coefficient (Wildman–Crippen LogP) is 5.32. The maximum atomic E-state index is 10.7. The molecule has 0 saturated heterocycles. The number of halogens is 1. The quantitative estimate of drug-likeness (QED) is 0.612. The molecule has 0 atom stereocenters. The van der Waals surface area contributed by atoms with E-state index in [0.29, 0.717) is 6.61 Å². The van der Waals surface area contributed by atoms with Crippen molar-refractivity contribution in [2.45, 2.75) is 13.0 Å². The van der Waals surface area contributed by atoms with Gasteiger partial charge in [0.25, 0.3) is 0 Å². The first-order valence-corrected chi connectivity index (χ1v) is 8.68. The number of benzene rings is 3. The summed E-state index contributed by atoms with van der Waals surface area (Å²) in [5.74, 6) is -0.0549. The monoisotopic (exact) mass is 396 g/mol. The molecule has 4 heteroatoms. The zero-order valence-corrected chi connectivity index (χ0v) is 15.1. The Morgan fingerprint density at radius 1 is 0.880 bits per heavy atom. The Morgan fingerprint density at radius 2 is 1.56 bits per heavy atom. The summed E-state index contributed by atoms with van der Waals surface area (Å²) in [5.41, 5.74) is 4.06. The number of hydrogen-bond acceptors (Lipinski definition) is 2. The first kappa shape index (κ1) is 17.2. The summed E-state index contributed by atoms with van der Waals surface area (Å²) < 4.78 is 6.77. The summed E-state index contributed by atoms with van der Waals surface area (Å²) in [7, 11) is 0. The topological polar surface area (TPSA) is 46.5 Å². The predicted molar refractivity (Wildman–Crippen MR) is 102 cm³/mol. The Kier molecular flexibility index (Phi) is 5.51. The molecule has 0 aliphatic heterocycles. The molecule has 25 heavy (non-hydrogen) atoms. The molecule has 0 fully saturated rings. The number of carboxylic acids is 1. The number of rotatable bonds is 6. The van der Waals surface area contributed by atoms with Crippen LogP contribution >= 0.6 is 15.9 Å². The van der Waals surface area contributed by atoms with E-state index in [1.54, 1.807) is 0 Å². The standard InChI is InChI=1S/C21H17BrO3/c22-19-13-18(17-4-2-1-3-5-17)10-11-20(19)25-14-16-8-6-15(7-9-16)12-21(23)24/h1-11,13H,12,14H2,(H,23,24). The minimum Gasteiger partial charge on any atom is -0.488 e. The number of hydrogen-bond donors (Lipinski definition) is 1. The smallest absolute Gasteiger partial charge is 0.307 e. The van der Waals surface area contributed by atoms with Crippen molar-refractivity contribution in [1.82, 2.24) is 0 Å². The second-order valence-corrected chi connectivity index (χ2v) is 6.54. The second-order valence-electron chi connectivity index (χ2n) is 5.69. The average Bonchev–Trinajstić information content (AvgIpc) is 2.62. The lowest BCUT2D eigenvalue weighted by Crippen LogP contribution is -2.01. The molecule has 126 valence electrons. The third-order valence-corrected chi connectivity index (χ3v) is 4.43. The Balaban J connectivity index is 1.66. The molecule has 0 bridgehead atoms. The molecule has 0 heterocycles. The molecule has 0 spiro atoms. The van der Waals surface area contributed by atoms with Crippen LogP contribution in [0, 0.1) is 0 Å². The van der Waals surface area contributed by atoms with Gasteiger partial charge in [-0.05, 0) is 50.3 Å². The Hall–Kier alpha value is -2.59. The molecule has 1 N–H and O–H groups in total. The molecule has 3 rings (SSSR count). The molecular formula is C21H17BrO3. The highest BCUT2D eigenvalue weighted by Gasteiger charge is 2.06. The summed E-state index contributed by atoms with van der Waals surface area (Å²) >= 11 is 3.57. The van der Waals surface area contributed by atoms with Crippen LogP contribution in [0.1, 0.15) is 11.1 Å². The fourth-order valence-electron chi connectivity index (χ4n) is 2.52. The molecule has 3 nitrogen and oxygen atoms in total. The van der Waals surface area contributed by atoms with Gasteiger partial charge in [-0.1, -0.05) is 60.7 Å². The highest BCUT2D eigenvalue weighted by Crippen LogP contribution is 2.31. The molecule has 0 aromatic heterocycles. The Bertz CT molecular complexity index is 858. The number of carboxylic acid groups (broad SMARTS) is 1. The first-order chi connectivity index (χ1) is 12.1. The minimum absolute atomic E-state index is 0.0354. The van der Waals surface area contributed by atoms with Gasteiger partial charge in [0.05, 0.1) is 10.9 Å². The van der Waals surface area contributed by atoms with Crippen LogP contribution in [0.25, 0.3) is 11.1 Å². The lowest BCUT2D eigenvalue weighted by molar-refractivity contribution is -0.136. The fourth-order valence-corrected chi connectivity index (χ4v) is 3.01. The summed E-state index contributed by atoms with van der Waals surface area (Å²) in [6, 6.07) is 23.6. The highest BCUT2D eigenvalue weighted by atomic mass is 79.9. The van der Waals surface area contributed by atoms with Gasteiger partial charge in [0.15, 0.2) is 0 Å². The van der Waals surface area contributed by atoms with E-state index in [2.05, 4.69) is 28.1 Å². The SMILES string of the molecule is O=C(O)Cc1ccc(COc2ccc(-c3ccccc3)cc2Br)cc1. The van der Waals surface area contributed by atoms with Crippen molar-refractivity contribution in [2.75, 3.05) is 0 Å². The lowest BCUT2D eigenvalue weighted by atomic mass is 10.1. The van der Waals surface area contributed by atoms with E-state index < -0.39 is 5.97 Å². The van der Waals surface area contributed by atoms with Crippen molar-refractivity contribution in [3.8, 4) is 16.9 Å². The highest BCUT2D eigenvalue weighted by molar-refractivity contribution is 9.10. The second kappa shape index (κ2) is 7.99. The van der Waals surface area contributed by atoms with Crippen molar-refractivity contribution in [2.24, 2.45) is 0 Å². The van der Waals surface area contributed by atoms with Gasteiger partial charge in [-0.25, -0.2) is 0 Å². The van der Waals surface area contributed by atoms with Crippen LogP contribution in [-0.4, -0.2) is 11.1 Å². The van der Waals surface area contributed by atoms with Gasteiger partial charge in [-0.3, -0.25) is 4.79 Å². The van der Waals surface area contributed by atoms with E-state index in [1.165, 1.54) is 0 Å². The van der Waals surface area contributed by atoms with Gasteiger partial charge in [-0.15, -0.1) is 0 Å². The molecule has 3 aromatic rings. The van der Waals surface area contributed by atoms with Gasteiger partial charge in [-0.2, -0.15) is 0 Å². The van der Waals surface area contributed by atoms with Crippen LogP contribution in [0.5, 0.6) is 5.75 Å². The molecule has 3 aromatic carbocycles. The summed E-state index contributed by atoms with van der Waals surface area (Å²) in [6.07, 6.45) is 0.0354. The molecule has 0 aliphatic carbocycles.